The van der Waals surface area contributed by atoms with E-state index in [2.05, 4.69) is 0 Å². The van der Waals surface area contributed by atoms with Crippen LogP contribution in [0.5, 0.6) is 0 Å². The second kappa shape index (κ2) is 2.16. The molecule has 1 aliphatic carbocycles. The number of hydrogen-bond donors (Lipinski definition) is 0. The molecule has 0 aliphatic heterocycles. The summed E-state index contributed by atoms with van der Waals surface area (Å²) >= 11 is 4.90. The Labute approximate surface area is 61.7 Å². The third-order valence-corrected chi connectivity index (χ3v) is 1.88. The van der Waals surface area contributed by atoms with Gasteiger partial charge >= 0.3 is 0 Å². The number of allylic oxidation sites excluding steroid dienone is 2. The zero-order chi connectivity index (χ0) is 7.83. The van der Waals surface area contributed by atoms with Gasteiger partial charge in [0, 0.05) is 12.8 Å². The van der Waals surface area contributed by atoms with Gasteiger partial charge in [0.15, 0.2) is 0 Å². The summed E-state index contributed by atoms with van der Waals surface area (Å²) < 4.78 is 37.5. The molecule has 4 heteroatoms. The van der Waals surface area contributed by atoms with Crippen molar-refractivity contribution in [3.63, 3.8) is 0 Å². The van der Waals surface area contributed by atoms with E-state index in [0.717, 1.165) is 0 Å². The van der Waals surface area contributed by atoms with Crippen LogP contribution < -0.4 is 0 Å². The molecule has 0 heterocycles. The molecule has 10 heavy (non-hydrogen) atoms. The quantitative estimate of drug-likeness (QED) is 0.387. The molecule has 0 saturated heterocycles. The fourth-order valence-electron chi connectivity index (χ4n) is 0.761. The van der Waals surface area contributed by atoms with E-state index in [-0.39, 0.29) is 0 Å². The lowest BCUT2D eigenvalue weighted by Gasteiger charge is -2.28. The molecule has 0 nitrogen and oxygen atoms in total. The van der Waals surface area contributed by atoms with Gasteiger partial charge in [-0.15, -0.1) is 0 Å². The van der Waals surface area contributed by atoms with Gasteiger partial charge in [-0.1, -0.05) is 23.8 Å². The van der Waals surface area contributed by atoms with Crippen LogP contribution in [0.4, 0.5) is 13.2 Å². The summed E-state index contributed by atoms with van der Waals surface area (Å²) in [4.78, 5) is 0. The van der Waals surface area contributed by atoms with Crippen molar-refractivity contribution in [3.8, 4) is 0 Å². The van der Waals surface area contributed by atoms with Crippen molar-refractivity contribution in [2.45, 2.75) is 23.9 Å². The standard InChI is InChI=1S/C6H6ClF3/c7-5(8)3-1-2-4-6(5,9)10/h1-2H,3-4H2. The predicted molar refractivity (Wildman–Crippen MR) is 33.0 cm³/mol. The fraction of sp³-hybridized carbons (Fsp3) is 0.667. The maximum absolute atomic E-state index is 12.6. The second-order valence-corrected chi connectivity index (χ2v) is 2.89. The van der Waals surface area contributed by atoms with Crippen LogP contribution in [0.2, 0.25) is 0 Å². The highest BCUT2D eigenvalue weighted by molar-refractivity contribution is 6.23. The summed E-state index contributed by atoms with van der Waals surface area (Å²) in [6.07, 6.45) is 1.54. The molecule has 0 fully saturated rings. The summed E-state index contributed by atoms with van der Waals surface area (Å²) in [5, 5.41) is -2.87. The van der Waals surface area contributed by atoms with E-state index in [0.29, 0.717) is 0 Å². The fourth-order valence-corrected chi connectivity index (χ4v) is 0.928. The molecular formula is C6H6ClF3. The Balaban J connectivity index is 2.84. The molecule has 1 unspecified atom stereocenters. The highest BCUT2D eigenvalue weighted by Gasteiger charge is 2.53. The van der Waals surface area contributed by atoms with Crippen LogP contribution in [0.25, 0.3) is 0 Å². The van der Waals surface area contributed by atoms with E-state index >= 15 is 0 Å². The summed E-state index contributed by atoms with van der Waals surface area (Å²) in [5.74, 6) is -3.41. The van der Waals surface area contributed by atoms with Crippen LogP contribution in [0.3, 0.4) is 0 Å². The van der Waals surface area contributed by atoms with Gasteiger partial charge in [-0.05, 0) is 0 Å². The van der Waals surface area contributed by atoms with Crippen molar-refractivity contribution >= 4 is 11.6 Å². The Morgan fingerprint density at radius 2 is 1.60 bits per heavy atom. The first-order valence-electron chi connectivity index (χ1n) is 2.86. The highest BCUT2D eigenvalue weighted by atomic mass is 35.5. The number of alkyl halides is 4. The minimum absolute atomic E-state index is 0.415. The monoisotopic (exact) mass is 170 g/mol. The first-order chi connectivity index (χ1) is 4.46. The Kier molecular flexibility index (Phi) is 1.71. The van der Waals surface area contributed by atoms with Crippen molar-refractivity contribution in [1.82, 2.24) is 0 Å². The number of halogens is 4. The predicted octanol–water partition coefficient (Wildman–Crippen LogP) is 2.88. The molecule has 1 rings (SSSR count). The molecule has 0 aromatic carbocycles. The van der Waals surface area contributed by atoms with Gasteiger partial charge in [-0.25, -0.2) is 13.2 Å². The summed E-state index contributed by atoms with van der Waals surface area (Å²) in [5.41, 5.74) is 0. The van der Waals surface area contributed by atoms with Gasteiger partial charge in [0.1, 0.15) is 0 Å². The van der Waals surface area contributed by atoms with E-state index in [9.17, 15) is 13.2 Å². The van der Waals surface area contributed by atoms with Gasteiger partial charge in [-0.2, -0.15) is 0 Å². The Morgan fingerprint density at radius 3 is 1.90 bits per heavy atom. The largest absolute Gasteiger partial charge is 0.298 e. The molecular weight excluding hydrogens is 165 g/mol. The number of hydrogen-bond acceptors (Lipinski definition) is 0. The van der Waals surface area contributed by atoms with Gasteiger partial charge in [0.25, 0.3) is 5.92 Å². The second-order valence-electron chi connectivity index (χ2n) is 2.29. The first kappa shape index (κ1) is 7.92. The minimum atomic E-state index is -3.41. The molecule has 0 radical (unpaired) electrons. The Hall–Kier alpha value is -0.180. The molecule has 0 spiro atoms. The van der Waals surface area contributed by atoms with Crippen LogP contribution >= 0.6 is 11.6 Å². The lowest BCUT2D eigenvalue weighted by molar-refractivity contribution is -0.0945. The van der Waals surface area contributed by atoms with Gasteiger partial charge in [0.05, 0.1) is 0 Å². The molecule has 1 atom stereocenters. The van der Waals surface area contributed by atoms with Gasteiger partial charge < -0.3 is 0 Å². The summed E-state index contributed by atoms with van der Waals surface area (Å²) in [6, 6.07) is 0. The average molecular weight is 171 g/mol. The highest BCUT2D eigenvalue weighted by Crippen LogP contribution is 2.44. The maximum Gasteiger partial charge on any atom is 0.298 e. The van der Waals surface area contributed by atoms with Crippen LogP contribution in [0.15, 0.2) is 12.2 Å². The zero-order valence-corrected chi connectivity index (χ0v) is 5.84. The minimum Gasteiger partial charge on any atom is -0.219 e. The maximum atomic E-state index is 12.6. The SMILES string of the molecule is FC1(F)CC=CCC1(F)Cl. The lowest BCUT2D eigenvalue weighted by atomic mass is 10.0. The van der Waals surface area contributed by atoms with Crippen molar-refractivity contribution in [2.24, 2.45) is 0 Å². The third-order valence-electron chi connectivity index (χ3n) is 1.45. The van der Waals surface area contributed by atoms with E-state index in [1.54, 1.807) is 0 Å². The molecule has 1 aliphatic rings. The van der Waals surface area contributed by atoms with Crippen molar-refractivity contribution < 1.29 is 13.2 Å². The van der Waals surface area contributed by atoms with Crippen molar-refractivity contribution in [1.29, 1.82) is 0 Å². The zero-order valence-electron chi connectivity index (χ0n) is 5.08. The van der Waals surface area contributed by atoms with Crippen LogP contribution in [-0.4, -0.2) is 11.1 Å². The van der Waals surface area contributed by atoms with Crippen molar-refractivity contribution in [3.05, 3.63) is 12.2 Å². The molecule has 0 bridgehead atoms. The lowest BCUT2D eigenvalue weighted by Crippen LogP contribution is -2.40. The molecule has 0 amide bonds. The van der Waals surface area contributed by atoms with E-state index in [1.165, 1.54) is 12.2 Å². The van der Waals surface area contributed by atoms with Gasteiger partial charge in [-0.3, -0.25) is 0 Å². The van der Waals surface area contributed by atoms with E-state index in [4.69, 9.17) is 11.6 Å². The van der Waals surface area contributed by atoms with Crippen LogP contribution in [0, 0.1) is 0 Å². The van der Waals surface area contributed by atoms with E-state index in [1.807, 2.05) is 0 Å². The average Bonchev–Trinajstić information content (AvgIpc) is 1.77. The van der Waals surface area contributed by atoms with Gasteiger partial charge in [0.2, 0.25) is 5.13 Å². The third kappa shape index (κ3) is 1.15. The van der Waals surface area contributed by atoms with Crippen LogP contribution in [-0.2, 0) is 0 Å². The molecule has 0 saturated carbocycles. The summed E-state index contributed by atoms with van der Waals surface area (Å²) in [7, 11) is 0. The van der Waals surface area contributed by atoms with E-state index < -0.39 is 23.9 Å². The smallest absolute Gasteiger partial charge is 0.219 e. The topological polar surface area (TPSA) is 0 Å². The van der Waals surface area contributed by atoms with Crippen LogP contribution in [0.1, 0.15) is 12.8 Å². The molecule has 58 valence electrons. The first-order valence-corrected chi connectivity index (χ1v) is 3.24. The summed E-state index contributed by atoms with van der Waals surface area (Å²) in [6.45, 7) is 0. The Morgan fingerprint density at radius 1 is 1.10 bits per heavy atom. The number of rotatable bonds is 0. The molecule has 0 aromatic rings. The normalized spacial score (nSPS) is 38.0. The van der Waals surface area contributed by atoms with Crippen molar-refractivity contribution in [2.75, 3.05) is 0 Å². The molecule has 0 aromatic heterocycles. The Bertz CT molecular complexity index is 144. The molecule has 0 N–H and O–H groups in total.